The van der Waals surface area contributed by atoms with Crippen molar-refractivity contribution >= 4 is 11.6 Å². The largest absolute Gasteiger partial charge is 0.379 e. The van der Waals surface area contributed by atoms with Gasteiger partial charge in [-0.05, 0) is 30.2 Å². The monoisotopic (exact) mass is 342 g/mol. The lowest BCUT2D eigenvalue weighted by atomic mass is 10.0. The van der Waals surface area contributed by atoms with Crippen LogP contribution in [-0.2, 0) is 20.9 Å². The molecule has 0 radical (unpaired) electrons. The lowest BCUT2D eigenvalue weighted by Crippen LogP contribution is -2.20. The Kier molecular flexibility index (Phi) is 8.12. The molecule has 2 rings (SSSR count). The first-order valence-corrected chi connectivity index (χ1v) is 8.54. The molecule has 0 aromatic heterocycles. The van der Waals surface area contributed by atoms with Gasteiger partial charge in [-0.25, -0.2) is 0 Å². The van der Waals surface area contributed by atoms with Crippen LogP contribution in [0.15, 0.2) is 54.6 Å². The molecule has 3 N–H and O–H groups in total. The molecule has 0 bridgehead atoms. The summed E-state index contributed by atoms with van der Waals surface area (Å²) in [5.41, 5.74) is 8.79. The van der Waals surface area contributed by atoms with Gasteiger partial charge in [-0.3, -0.25) is 4.79 Å². The topological polar surface area (TPSA) is 73.6 Å². The SMILES string of the molecule is CCOCCOCc1cccc(NC(=O)CC(N)c2ccccc2)c1. The van der Waals surface area contributed by atoms with Gasteiger partial charge in [0.15, 0.2) is 0 Å². The number of hydrogen-bond donors (Lipinski definition) is 2. The molecule has 0 saturated heterocycles. The van der Waals surface area contributed by atoms with Crippen molar-refractivity contribution in [3.63, 3.8) is 0 Å². The zero-order valence-corrected chi connectivity index (χ0v) is 14.6. The van der Waals surface area contributed by atoms with Crippen LogP contribution in [0.3, 0.4) is 0 Å². The highest BCUT2D eigenvalue weighted by molar-refractivity contribution is 5.91. The van der Waals surface area contributed by atoms with E-state index in [9.17, 15) is 4.79 Å². The second-order valence-corrected chi connectivity index (χ2v) is 5.72. The molecule has 0 aliphatic heterocycles. The fourth-order valence-electron chi connectivity index (χ4n) is 2.42. The van der Waals surface area contributed by atoms with E-state index in [0.29, 0.717) is 26.4 Å². The maximum Gasteiger partial charge on any atom is 0.226 e. The van der Waals surface area contributed by atoms with Crippen LogP contribution < -0.4 is 11.1 Å². The lowest BCUT2D eigenvalue weighted by molar-refractivity contribution is -0.116. The number of rotatable bonds is 10. The Morgan fingerprint density at radius 3 is 2.60 bits per heavy atom. The summed E-state index contributed by atoms with van der Waals surface area (Å²) < 4.78 is 10.8. The molecule has 25 heavy (non-hydrogen) atoms. The number of carbonyl (C=O) groups is 1. The molecular formula is C20H26N2O3. The minimum atomic E-state index is -0.314. The van der Waals surface area contributed by atoms with Gasteiger partial charge in [0.1, 0.15) is 0 Å². The Morgan fingerprint density at radius 2 is 1.84 bits per heavy atom. The molecule has 0 aliphatic carbocycles. The molecule has 2 aromatic rings. The van der Waals surface area contributed by atoms with Crippen LogP contribution in [0.25, 0.3) is 0 Å². The van der Waals surface area contributed by atoms with E-state index < -0.39 is 0 Å². The summed E-state index contributed by atoms with van der Waals surface area (Å²) >= 11 is 0. The summed E-state index contributed by atoms with van der Waals surface area (Å²) in [5.74, 6) is -0.106. The van der Waals surface area contributed by atoms with E-state index in [2.05, 4.69) is 5.32 Å². The summed E-state index contributed by atoms with van der Waals surface area (Å²) in [6.45, 7) is 4.27. The van der Waals surface area contributed by atoms with Gasteiger partial charge >= 0.3 is 0 Å². The van der Waals surface area contributed by atoms with Crippen LogP contribution in [0.2, 0.25) is 0 Å². The second-order valence-electron chi connectivity index (χ2n) is 5.72. The van der Waals surface area contributed by atoms with Crippen LogP contribution in [0.4, 0.5) is 5.69 Å². The van der Waals surface area contributed by atoms with Crippen molar-refractivity contribution in [1.82, 2.24) is 0 Å². The van der Waals surface area contributed by atoms with Gasteiger partial charge in [-0.2, -0.15) is 0 Å². The van der Waals surface area contributed by atoms with Gasteiger partial charge in [0, 0.05) is 24.8 Å². The number of amides is 1. The first-order chi connectivity index (χ1) is 12.2. The fraction of sp³-hybridized carbons (Fsp3) is 0.350. The van der Waals surface area contributed by atoms with Crippen molar-refractivity contribution in [2.75, 3.05) is 25.1 Å². The molecule has 0 saturated carbocycles. The quantitative estimate of drug-likeness (QED) is 0.650. The van der Waals surface area contributed by atoms with E-state index in [4.69, 9.17) is 15.2 Å². The first kappa shape index (κ1) is 19.1. The minimum absolute atomic E-state index is 0.106. The van der Waals surface area contributed by atoms with E-state index in [1.54, 1.807) is 0 Å². The molecule has 5 heteroatoms. The van der Waals surface area contributed by atoms with Crippen molar-refractivity contribution in [1.29, 1.82) is 0 Å². The molecule has 0 heterocycles. The van der Waals surface area contributed by atoms with Crippen molar-refractivity contribution in [2.24, 2.45) is 5.73 Å². The standard InChI is InChI=1S/C20H26N2O3/c1-2-24-11-12-25-15-16-7-6-10-18(13-16)22-20(23)14-19(21)17-8-4-3-5-9-17/h3-10,13,19H,2,11-12,14-15,21H2,1H3,(H,22,23). The molecule has 134 valence electrons. The molecule has 1 atom stereocenters. The Balaban J connectivity index is 1.81. The first-order valence-electron chi connectivity index (χ1n) is 8.54. The summed E-state index contributed by atoms with van der Waals surface area (Å²) in [5, 5.41) is 2.89. The highest BCUT2D eigenvalue weighted by atomic mass is 16.5. The molecule has 0 fully saturated rings. The molecule has 2 aromatic carbocycles. The average Bonchev–Trinajstić information content (AvgIpc) is 2.62. The Hall–Kier alpha value is -2.21. The number of anilines is 1. The minimum Gasteiger partial charge on any atom is -0.379 e. The van der Waals surface area contributed by atoms with E-state index in [0.717, 1.165) is 16.8 Å². The van der Waals surface area contributed by atoms with Crippen molar-refractivity contribution in [3.05, 3.63) is 65.7 Å². The summed E-state index contributed by atoms with van der Waals surface area (Å²) in [7, 11) is 0. The highest BCUT2D eigenvalue weighted by Crippen LogP contribution is 2.16. The second kappa shape index (κ2) is 10.6. The van der Waals surface area contributed by atoms with Crippen LogP contribution >= 0.6 is 0 Å². The van der Waals surface area contributed by atoms with Crippen molar-refractivity contribution in [2.45, 2.75) is 26.0 Å². The van der Waals surface area contributed by atoms with Crippen molar-refractivity contribution < 1.29 is 14.3 Å². The Bertz CT molecular complexity index is 646. The van der Waals surface area contributed by atoms with Gasteiger partial charge in [-0.15, -0.1) is 0 Å². The maximum absolute atomic E-state index is 12.2. The number of ether oxygens (including phenoxy) is 2. The Morgan fingerprint density at radius 1 is 1.08 bits per heavy atom. The van der Waals surface area contributed by atoms with Gasteiger partial charge < -0.3 is 20.5 Å². The molecule has 1 unspecified atom stereocenters. The van der Waals surface area contributed by atoms with E-state index >= 15 is 0 Å². The molecule has 1 amide bonds. The number of nitrogens with two attached hydrogens (primary N) is 1. The van der Waals surface area contributed by atoms with Gasteiger partial charge in [-0.1, -0.05) is 42.5 Å². The van der Waals surface area contributed by atoms with Gasteiger partial charge in [0.05, 0.1) is 19.8 Å². The fourth-order valence-corrected chi connectivity index (χ4v) is 2.42. The summed E-state index contributed by atoms with van der Waals surface area (Å²) in [4.78, 5) is 12.2. The van der Waals surface area contributed by atoms with Gasteiger partial charge in [0.2, 0.25) is 5.91 Å². The maximum atomic E-state index is 12.2. The lowest BCUT2D eigenvalue weighted by Gasteiger charge is -2.13. The normalized spacial score (nSPS) is 11.9. The van der Waals surface area contributed by atoms with E-state index in [-0.39, 0.29) is 18.4 Å². The van der Waals surface area contributed by atoms with E-state index in [1.807, 2.05) is 61.5 Å². The summed E-state index contributed by atoms with van der Waals surface area (Å²) in [6, 6.07) is 16.9. The zero-order chi connectivity index (χ0) is 17.9. The number of carbonyl (C=O) groups excluding carboxylic acids is 1. The summed E-state index contributed by atoms with van der Waals surface area (Å²) in [6.07, 6.45) is 0.235. The predicted octanol–water partition coefficient (Wildman–Crippen LogP) is 3.27. The smallest absolute Gasteiger partial charge is 0.226 e. The van der Waals surface area contributed by atoms with Crippen molar-refractivity contribution in [3.8, 4) is 0 Å². The van der Waals surface area contributed by atoms with E-state index in [1.165, 1.54) is 0 Å². The number of hydrogen-bond acceptors (Lipinski definition) is 4. The third kappa shape index (κ3) is 7.05. The van der Waals surface area contributed by atoms with Gasteiger partial charge in [0.25, 0.3) is 0 Å². The molecular weight excluding hydrogens is 316 g/mol. The van der Waals surface area contributed by atoms with Crippen LogP contribution in [0.1, 0.15) is 30.5 Å². The Labute approximate surface area is 149 Å². The molecule has 0 spiro atoms. The predicted molar refractivity (Wildman–Crippen MR) is 99.2 cm³/mol. The number of benzene rings is 2. The zero-order valence-electron chi connectivity index (χ0n) is 14.6. The highest BCUT2D eigenvalue weighted by Gasteiger charge is 2.11. The third-order valence-corrected chi connectivity index (χ3v) is 3.69. The molecule has 0 aliphatic rings. The van der Waals surface area contributed by atoms with Crippen LogP contribution in [-0.4, -0.2) is 25.7 Å². The molecule has 5 nitrogen and oxygen atoms in total. The number of nitrogens with one attached hydrogen (secondary N) is 1. The third-order valence-electron chi connectivity index (χ3n) is 3.69. The van der Waals surface area contributed by atoms with Crippen LogP contribution in [0.5, 0.6) is 0 Å². The van der Waals surface area contributed by atoms with Crippen LogP contribution in [0, 0.1) is 0 Å². The average molecular weight is 342 g/mol.